The fraction of sp³-hybridized carbons (Fsp3) is 0.0833. The van der Waals surface area contributed by atoms with Gasteiger partial charge in [-0.2, -0.15) is 9.37 Å². The fourth-order valence-electron chi connectivity index (χ4n) is 1.29. The normalized spacial score (nSPS) is 10.5. The second kappa shape index (κ2) is 4.86. The molecule has 0 atom stereocenters. The molecule has 0 saturated carbocycles. The van der Waals surface area contributed by atoms with Crippen molar-refractivity contribution in [3.05, 3.63) is 52.4 Å². The predicted octanol–water partition coefficient (Wildman–Crippen LogP) is 4.25. The highest BCUT2D eigenvalue weighted by atomic mass is 35.5. The third-order valence-electron chi connectivity index (χ3n) is 2.20. The molecule has 0 unspecified atom stereocenters. The summed E-state index contributed by atoms with van der Waals surface area (Å²) in [6, 6.07) is 4.92. The van der Waals surface area contributed by atoms with Crippen molar-refractivity contribution in [2.45, 2.75) is 6.92 Å². The van der Waals surface area contributed by atoms with E-state index < -0.39 is 23.5 Å². The van der Waals surface area contributed by atoms with Crippen molar-refractivity contribution < 1.29 is 17.9 Å². The van der Waals surface area contributed by atoms with E-state index in [0.29, 0.717) is 16.7 Å². The molecule has 1 heterocycles. The highest BCUT2D eigenvalue weighted by Crippen LogP contribution is 2.27. The minimum Gasteiger partial charge on any atom is -0.436 e. The SMILES string of the molecule is Cc1cc(Oc2nc(F)c(F)cc2F)ccc1Cl. The highest BCUT2D eigenvalue weighted by Gasteiger charge is 2.13. The van der Waals surface area contributed by atoms with Crippen molar-refractivity contribution in [1.82, 2.24) is 4.98 Å². The number of nitrogens with zero attached hydrogens (tertiary/aromatic N) is 1. The molecule has 0 fully saturated rings. The molecule has 18 heavy (non-hydrogen) atoms. The Labute approximate surface area is 106 Å². The van der Waals surface area contributed by atoms with E-state index in [9.17, 15) is 13.2 Å². The molecule has 0 aliphatic carbocycles. The lowest BCUT2D eigenvalue weighted by Gasteiger charge is -2.07. The van der Waals surface area contributed by atoms with Gasteiger partial charge in [0.2, 0.25) is 0 Å². The van der Waals surface area contributed by atoms with Crippen LogP contribution in [0.5, 0.6) is 11.6 Å². The number of aromatic nitrogens is 1. The molecule has 0 amide bonds. The summed E-state index contributed by atoms with van der Waals surface area (Å²) in [5.74, 6) is -4.27. The monoisotopic (exact) mass is 273 g/mol. The molecule has 2 aromatic rings. The number of pyridine rings is 1. The minimum absolute atomic E-state index is 0.231. The smallest absolute Gasteiger partial charge is 0.258 e. The minimum atomic E-state index is -1.42. The first-order valence-electron chi connectivity index (χ1n) is 4.93. The van der Waals surface area contributed by atoms with Gasteiger partial charge in [-0.1, -0.05) is 11.6 Å². The van der Waals surface area contributed by atoms with E-state index in [4.69, 9.17) is 16.3 Å². The lowest BCUT2D eigenvalue weighted by Crippen LogP contribution is -1.98. The van der Waals surface area contributed by atoms with Crippen LogP contribution in [-0.4, -0.2) is 4.98 Å². The Balaban J connectivity index is 2.34. The molecule has 0 N–H and O–H groups in total. The number of hydrogen-bond donors (Lipinski definition) is 0. The van der Waals surface area contributed by atoms with Crippen molar-refractivity contribution in [3.63, 3.8) is 0 Å². The van der Waals surface area contributed by atoms with Crippen LogP contribution < -0.4 is 4.74 Å². The van der Waals surface area contributed by atoms with Gasteiger partial charge in [0.05, 0.1) is 0 Å². The molecule has 0 radical (unpaired) electrons. The summed E-state index contributed by atoms with van der Waals surface area (Å²) in [5.41, 5.74) is 0.706. The Morgan fingerprint density at radius 1 is 1.11 bits per heavy atom. The van der Waals surface area contributed by atoms with Crippen LogP contribution in [-0.2, 0) is 0 Å². The van der Waals surface area contributed by atoms with Gasteiger partial charge < -0.3 is 4.74 Å². The topological polar surface area (TPSA) is 22.1 Å². The van der Waals surface area contributed by atoms with Gasteiger partial charge in [0.1, 0.15) is 5.75 Å². The molecule has 0 aliphatic heterocycles. The van der Waals surface area contributed by atoms with Crippen molar-refractivity contribution in [2.24, 2.45) is 0 Å². The Kier molecular flexibility index (Phi) is 3.43. The van der Waals surface area contributed by atoms with Crippen LogP contribution >= 0.6 is 11.6 Å². The van der Waals surface area contributed by atoms with Crippen molar-refractivity contribution >= 4 is 11.6 Å². The average Bonchev–Trinajstić information content (AvgIpc) is 2.31. The summed E-state index contributed by atoms with van der Waals surface area (Å²) in [6.07, 6.45) is 0. The van der Waals surface area contributed by atoms with Crippen LogP contribution in [0.3, 0.4) is 0 Å². The first kappa shape index (κ1) is 12.7. The number of rotatable bonds is 2. The Bertz CT molecular complexity index is 604. The second-order valence-corrected chi connectivity index (χ2v) is 3.97. The van der Waals surface area contributed by atoms with Gasteiger partial charge in [-0.05, 0) is 30.7 Å². The molecule has 0 spiro atoms. The van der Waals surface area contributed by atoms with Crippen LogP contribution in [0.1, 0.15) is 5.56 Å². The van der Waals surface area contributed by atoms with E-state index in [1.54, 1.807) is 13.0 Å². The van der Waals surface area contributed by atoms with Crippen LogP contribution in [0.4, 0.5) is 13.2 Å². The number of hydrogen-bond acceptors (Lipinski definition) is 2. The van der Waals surface area contributed by atoms with E-state index >= 15 is 0 Å². The maximum atomic E-state index is 13.3. The number of ether oxygens (including phenoxy) is 1. The summed E-state index contributed by atoms with van der Waals surface area (Å²) in [5, 5.41) is 0.515. The lowest BCUT2D eigenvalue weighted by molar-refractivity contribution is 0.387. The molecular weight excluding hydrogens is 267 g/mol. The third-order valence-corrected chi connectivity index (χ3v) is 2.62. The fourth-order valence-corrected chi connectivity index (χ4v) is 1.41. The van der Waals surface area contributed by atoms with Gasteiger partial charge in [-0.3, -0.25) is 0 Å². The number of benzene rings is 1. The van der Waals surface area contributed by atoms with Crippen LogP contribution in [0.25, 0.3) is 0 Å². The van der Waals surface area contributed by atoms with Gasteiger partial charge in [-0.15, -0.1) is 0 Å². The van der Waals surface area contributed by atoms with Crippen molar-refractivity contribution in [2.75, 3.05) is 0 Å². The summed E-state index contributed by atoms with van der Waals surface area (Å²) in [6.45, 7) is 1.73. The summed E-state index contributed by atoms with van der Waals surface area (Å²) < 4.78 is 43.8. The van der Waals surface area contributed by atoms with Gasteiger partial charge in [0, 0.05) is 11.1 Å². The molecule has 2 nitrogen and oxygen atoms in total. The molecule has 0 aliphatic rings. The summed E-state index contributed by atoms with van der Waals surface area (Å²) >= 11 is 5.81. The molecule has 0 saturated heterocycles. The maximum Gasteiger partial charge on any atom is 0.258 e. The quantitative estimate of drug-likeness (QED) is 0.763. The Hall–Kier alpha value is -1.75. The first-order valence-corrected chi connectivity index (χ1v) is 5.30. The third kappa shape index (κ3) is 2.56. The van der Waals surface area contributed by atoms with Crippen LogP contribution in [0, 0.1) is 24.5 Å². The van der Waals surface area contributed by atoms with Gasteiger partial charge in [0.25, 0.3) is 11.8 Å². The lowest BCUT2D eigenvalue weighted by atomic mass is 10.2. The molecule has 1 aromatic heterocycles. The summed E-state index contributed by atoms with van der Waals surface area (Å²) in [4.78, 5) is 3.05. The zero-order valence-electron chi connectivity index (χ0n) is 9.18. The van der Waals surface area contributed by atoms with Gasteiger partial charge in [-0.25, -0.2) is 8.78 Å². The molecule has 6 heteroatoms. The molecular formula is C12H7ClF3NO. The molecule has 94 valence electrons. The van der Waals surface area contributed by atoms with E-state index in [1.807, 2.05) is 0 Å². The zero-order valence-corrected chi connectivity index (χ0v) is 9.93. The van der Waals surface area contributed by atoms with E-state index in [-0.39, 0.29) is 5.75 Å². The van der Waals surface area contributed by atoms with Crippen molar-refractivity contribution in [3.8, 4) is 11.6 Å². The Morgan fingerprint density at radius 2 is 1.83 bits per heavy atom. The van der Waals surface area contributed by atoms with E-state index in [0.717, 1.165) is 0 Å². The standard InChI is InChI=1S/C12H7ClF3NO/c1-6-4-7(2-3-8(6)13)18-12-10(15)5-9(14)11(16)17-12/h2-5H,1H3. The largest absolute Gasteiger partial charge is 0.436 e. The predicted molar refractivity (Wildman–Crippen MR) is 60.4 cm³/mol. The van der Waals surface area contributed by atoms with Gasteiger partial charge in [0.15, 0.2) is 11.6 Å². The van der Waals surface area contributed by atoms with Gasteiger partial charge >= 0.3 is 0 Å². The highest BCUT2D eigenvalue weighted by molar-refractivity contribution is 6.31. The van der Waals surface area contributed by atoms with E-state index in [2.05, 4.69) is 4.98 Å². The van der Waals surface area contributed by atoms with Crippen molar-refractivity contribution in [1.29, 1.82) is 0 Å². The average molecular weight is 274 g/mol. The van der Waals surface area contributed by atoms with E-state index in [1.165, 1.54) is 12.1 Å². The zero-order chi connectivity index (χ0) is 13.3. The van der Waals surface area contributed by atoms with Crippen LogP contribution in [0.15, 0.2) is 24.3 Å². The molecule has 2 rings (SSSR count). The Morgan fingerprint density at radius 3 is 2.50 bits per heavy atom. The molecule has 1 aromatic carbocycles. The summed E-state index contributed by atoms with van der Waals surface area (Å²) in [7, 11) is 0. The maximum absolute atomic E-state index is 13.3. The first-order chi connectivity index (χ1) is 8.47. The second-order valence-electron chi connectivity index (χ2n) is 3.56. The van der Waals surface area contributed by atoms with Crippen LogP contribution in [0.2, 0.25) is 5.02 Å². The number of halogens is 4. The molecule has 0 bridgehead atoms. The number of aryl methyl sites for hydroxylation is 1.